The molecule has 0 heterocycles. The molecule has 0 bridgehead atoms. The van der Waals surface area contributed by atoms with Gasteiger partial charge in [0.2, 0.25) is 5.91 Å². The zero-order chi connectivity index (χ0) is 19.6. The van der Waals surface area contributed by atoms with E-state index in [2.05, 4.69) is 10.1 Å². The fourth-order valence-corrected chi connectivity index (χ4v) is 2.68. The average molecular weight is 379 g/mol. The van der Waals surface area contributed by atoms with Gasteiger partial charge in [-0.15, -0.1) is 13.2 Å². The average Bonchev–Trinajstić information content (AvgIpc) is 3.24. The number of halogens is 4. The quantitative estimate of drug-likeness (QED) is 0.682. The molecule has 146 valence electrons. The fourth-order valence-electron chi connectivity index (χ4n) is 2.68. The standard InChI is InChI=1S/C17H21F4NO4/c1-15(24,16(18)6-7-16)9-14(23)22-13(10-25-2)11-4-3-5-12(8-11)26-17(19,20)21/h3-5,8,13,24H,6-7,9-10H2,1-2H3,(H,22,23)/t13-,15-/m0/s1. The Hall–Kier alpha value is -1.87. The molecule has 1 amide bonds. The van der Waals surface area contributed by atoms with Crippen LogP contribution in [0.1, 0.15) is 37.8 Å². The van der Waals surface area contributed by atoms with Crippen LogP contribution in [0, 0.1) is 0 Å². The highest BCUT2D eigenvalue weighted by Gasteiger charge is 2.58. The maximum absolute atomic E-state index is 14.1. The number of alkyl halides is 4. The van der Waals surface area contributed by atoms with E-state index >= 15 is 0 Å². The number of nitrogens with one attached hydrogen (secondary N) is 1. The predicted molar refractivity (Wildman–Crippen MR) is 84.2 cm³/mol. The Kier molecular flexibility index (Phi) is 5.82. The molecule has 1 aliphatic carbocycles. The van der Waals surface area contributed by atoms with E-state index in [4.69, 9.17) is 4.74 Å². The number of methoxy groups -OCH3 is 1. The second kappa shape index (κ2) is 7.40. The van der Waals surface area contributed by atoms with Gasteiger partial charge in [-0.2, -0.15) is 0 Å². The fraction of sp³-hybridized carbons (Fsp3) is 0.588. The Morgan fingerprint density at radius 3 is 2.58 bits per heavy atom. The van der Waals surface area contributed by atoms with Crippen LogP contribution in [-0.4, -0.2) is 42.4 Å². The lowest BCUT2D eigenvalue weighted by Crippen LogP contribution is -2.44. The van der Waals surface area contributed by atoms with E-state index in [9.17, 15) is 27.5 Å². The normalized spacial score (nSPS) is 19.3. The number of amides is 1. The Morgan fingerprint density at radius 1 is 1.38 bits per heavy atom. The number of rotatable bonds is 8. The molecule has 5 nitrogen and oxygen atoms in total. The summed E-state index contributed by atoms with van der Waals surface area (Å²) in [5, 5.41) is 12.7. The number of aliphatic hydroxyl groups is 1. The van der Waals surface area contributed by atoms with E-state index in [0.717, 1.165) is 12.1 Å². The van der Waals surface area contributed by atoms with Crippen molar-refractivity contribution < 1.29 is 36.9 Å². The minimum Gasteiger partial charge on any atom is -0.406 e. The van der Waals surface area contributed by atoms with E-state index in [1.165, 1.54) is 26.2 Å². The highest BCUT2D eigenvalue weighted by atomic mass is 19.4. The molecule has 1 aliphatic rings. The first-order chi connectivity index (χ1) is 12.0. The van der Waals surface area contributed by atoms with Gasteiger partial charge in [-0.1, -0.05) is 12.1 Å². The molecule has 1 aromatic carbocycles. The van der Waals surface area contributed by atoms with Crippen molar-refractivity contribution in [2.24, 2.45) is 0 Å². The molecule has 0 saturated heterocycles. The smallest absolute Gasteiger partial charge is 0.406 e. The number of ether oxygens (including phenoxy) is 2. The third-order valence-electron chi connectivity index (χ3n) is 4.32. The summed E-state index contributed by atoms with van der Waals surface area (Å²) in [7, 11) is 1.37. The van der Waals surface area contributed by atoms with Crippen LogP contribution in [0.2, 0.25) is 0 Å². The van der Waals surface area contributed by atoms with Crippen LogP contribution in [0.25, 0.3) is 0 Å². The minimum atomic E-state index is -4.84. The summed E-state index contributed by atoms with van der Waals surface area (Å²) >= 11 is 0. The van der Waals surface area contributed by atoms with Gasteiger partial charge in [0.25, 0.3) is 0 Å². The van der Waals surface area contributed by atoms with Crippen molar-refractivity contribution in [1.29, 1.82) is 0 Å². The number of benzene rings is 1. The van der Waals surface area contributed by atoms with Crippen molar-refractivity contribution in [2.75, 3.05) is 13.7 Å². The van der Waals surface area contributed by atoms with Crippen molar-refractivity contribution in [3.05, 3.63) is 29.8 Å². The van der Waals surface area contributed by atoms with Crippen LogP contribution >= 0.6 is 0 Å². The summed E-state index contributed by atoms with van der Waals surface area (Å²) in [6.07, 6.45) is -4.93. The second-order valence-electron chi connectivity index (χ2n) is 6.61. The SMILES string of the molecule is COC[C@H](NC(=O)C[C@](C)(O)C1(F)CC1)c1cccc(OC(F)(F)F)c1. The van der Waals surface area contributed by atoms with E-state index in [-0.39, 0.29) is 19.4 Å². The first kappa shape index (κ1) is 20.4. The Balaban J connectivity index is 2.08. The van der Waals surface area contributed by atoms with Crippen LogP contribution in [-0.2, 0) is 9.53 Å². The molecule has 0 aromatic heterocycles. The summed E-state index contributed by atoms with van der Waals surface area (Å²) in [5.41, 5.74) is -3.26. The molecule has 9 heteroatoms. The summed E-state index contributed by atoms with van der Waals surface area (Å²) in [6, 6.07) is 4.33. The summed E-state index contributed by atoms with van der Waals surface area (Å²) in [6.45, 7) is 1.23. The molecule has 0 unspecified atom stereocenters. The van der Waals surface area contributed by atoms with Crippen LogP contribution in [0.5, 0.6) is 5.75 Å². The Labute approximate surface area is 148 Å². The van der Waals surface area contributed by atoms with Gasteiger partial charge in [-0.05, 0) is 37.5 Å². The predicted octanol–water partition coefficient (Wildman–Crippen LogP) is 3.03. The zero-order valence-corrected chi connectivity index (χ0v) is 14.4. The summed E-state index contributed by atoms with van der Waals surface area (Å²) < 4.78 is 60.0. The van der Waals surface area contributed by atoms with E-state index < -0.39 is 41.8 Å². The number of hydrogen-bond acceptors (Lipinski definition) is 4. The molecule has 1 aromatic rings. The van der Waals surface area contributed by atoms with E-state index in [1.54, 1.807) is 0 Å². The van der Waals surface area contributed by atoms with Crippen molar-refractivity contribution in [2.45, 2.75) is 49.9 Å². The molecule has 1 saturated carbocycles. The Bertz CT molecular complexity index is 644. The maximum Gasteiger partial charge on any atom is 0.573 e. The van der Waals surface area contributed by atoms with Crippen molar-refractivity contribution in [3.63, 3.8) is 0 Å². The number of hydrogen-bond donors (Lipinski definition) is 2. The summed E-state index contributed by atoms with van der Waals surface area (Å²) in [5.74, 6) is -1.07. The maximum atomic E-state index is 14.1. The van der Waals surface area contributed by atoms with Gasteiger partial charge < -0.3 is 19.9 Å². The summed E-state index contributed by atoms with van der Waals surface area (Å²) in [4.78, 5) is 12.2. The zero-order valence-electron chi connectivity index (χ0n) is 14.4. The van der Waals surface area contributed by atoms with Crippen LogP contribution in [0.4, 0.5) is 17.6 Å². The lowest BCUT2D eigenvalue weighted by Gasteiger charge is -2.28. The molecule has 2 rings (SSSR count). The number of carbonyl (C=O) groups excluding carboxylic acids is 1. The molecular weight excluding hydrogens is 358 g/mol. The van der Waals surface area contributed by atoms with Crippen molar-refractivity contribution >= 4 is 5.91 Å². The third kappa shape index (κ3) is 5.31. The first-order valence-corrected chi connectivity index (χ1v) is 8.01. The minimum absolute atomic E-state index is 0.0237. The molecule has 1 fully saturated rings. The van der Waals surface area contributed by atoms with Crippen molar-refractivity contribution in [1.82, 2.24) is 5.32 Å². The molecule has 2 atom stereocenters. The lowest BCUT2D eigenvalue weighted by atomic mass is 9.93. The van der Waals surface area contributed by atoms with Crippen LogP contribution in [0.3, 0.4) is 0 Å². The van der Waals surface area contributed by atoms with E-state index in [0.29, 0.717) is 5.56 Å². The molecule has 0 spiro atoms. The highest BCUT2D eigenvalue weighted by molar-refractivity contribution is 5.78. The van der Waals surface area contributed by atoms with Crippen LogP contribution in [0.15, 0.2) is 24.3 Å². The highest BCUT2D eigenvalue weighted by Crippen LogP contribution is 2.50. The molecule has 26 heavy (non-hydrogen) atoms. The van der Waals surface area contributed by atoms with Gasteiger partial charge in [0.05, 0.1) is 19.1 Å². The van der Waals surface area contributed by atoms with E-state index in [1.807, 2.05) is 0 Å². The third-order valence-corrected chi connectivity index (χ3v) is 4.32. The number of carbonyl (C=O) groups is 1. The van der Waals surface area contributed by atoms with Crippen LogP contribution < -0.4 is 10.1 Å². The lowest BCUT2D eigenvalue weighted by molar-refractivity contribution is -0.274. The van der Waals surface area contributed by atoms with Gasteiger partial charge >= 0.3 is 6.36 Å². The largest absolute Gasteiger partial charge is 0.573 e. The molecule has 0 aliphatic heterocycles. The van der Waals surface area contributed by atoms with Gasteiger partial charge in [-0.3, -0.25) is 4.79 Å². The Morgan fingerprint density at radius 2 is 2.04 bits per heavy atom. The van der Waals surface area contributed by atoms with Gasteiger partial charge in [0, 0.05) is 7.11 Å². The molecular formula is C17H21F4NO4. The topological polar surface area (TPSA) is 67.8 Å². The molecule has 2 N–H and O–H groups in total. The van der Waals surface area contributed by atoms with Crippen molar-refractivity contribution in [3.8, 4) is 5.75 Å². The van der Waals surface area contributed by atoms with Gasteiger partial charge in [-0.25, -0.2) is 4.39 Å². The second-order valence-corrected chi connectivity index (χ2v) is 6.61. The monoisotopic (exact) mass is 379 g/mol. The first-order valence-electron chi connectivity index (χ1n) is 8.01. The van der Waals surface area contributed by atoms with Gasteiger partial charge in [0.15, 0.2) is 0 Å². The molecule has 0 radical (unpaired) electrons. The van der Waals surface area contributed by atoms with Gasteiger partial charge in [0.1, 0.15) is 17.0 Å².